The molecule has 0 aliphatic heterocycles. The van der Waals surface area contributed by atoms with E-state index in [1.54, 1.807) is 12.1 Å². The molecule has 142 valence electrons. The lowest BCUT2D eigenvalue weighted by Gasteiger charge is -2.34. The van der Waals surface area contributed by atoms with Gasteiger partial charge in [-0.1, -0.05) is 39.0 Å². The fourth-order valence-electron chi connectivity index (χ4n) is 4.20. The number of primary amides is 1. The van der Waals surface area contributed by atoms with Crippen LogP contribution >= 0.6 is 0 Å². The highest BCUT2D eigenvalue weighted by atomic mass is 16.1. The maximum absolute atomic E-state index is 12.1. The molecule has 5 heteroatoms. The van der Waals surface area contributed by atoms with E-state index < -0.39 is 5.91 Å². The Morgan fingerprint density at radius 1 is 1.32 bits per heavy atom. The third-order valence-corrected chi connectivity index (χ3v) is 5.87. The van der Waals surface area contributed by atoms with Crippen LogP contribution in [0.15, 0.2) is 30.3 Å². The van der Waals surface area contributed by atoms with Gasteiger partial charge in [0.15, 0.2) is 5.69 Å². The van der Waals surface area contributed by atoms with Gasteiger partial charge in [0.05, 0.1) is 17.6 Å². The molecule has 1 unspecified atom stereocenters. The van der Waals surface area contributed by atoms with Crippen LogP contribution in [0.4, 0.5) is 5.69 Å². The zero-order chi connectivity index (χ0) is 20.1. The zero-order valence-corrected chi connectivity index (χ0v) is 16.5. The highest BCUT2D eigenvalue weighted by Crippen LogP contribution is 2.39. The van der Waals surface area contributed by atoms with Crippen molar-refractivity contribution in [1.29, 1.82) is 0 Å². The van der Waals surface area contributed by atoms with Crippen LogP contribution in [0.3, 0.4) is 0 Å². The summed E-state index contributed by atoms with van der Waals surface area (Å²) in [7, 11) is 0. The minimum Gasteiger partial charge on any atom is -0.364 e. The van der Waals surface area contributed by atoms with E-state index in [1.165, 1.54) is 5.56 Å². The molecule has 0 saturated carbocycles. The molecule has 0 spiro atoms. The summed E-state index contributed by atoms with van der Waals surface area (Å²) in [5, 5.41) is 0. The van der Waals surface area contributed by atoms with Crippen molar-refractivity contribution in [2.75, 3.05) is 0 Å². The number of aryl methyl sites for hydroxylation is 1. The SMILES string of the molecule is [C-]#[N+]c1cccc(-c2c(C(N)=O)[nH]c3cc4c(nc23)CCC(C(C)(C)C)C4)c1. The van der Waals surface area contributed by atoms with E-state index in [0.29, 0.717) is 22.9 Å². The minimum atomic E-state index is -0.522. The fraction of sp³-hybridized carbons (Fsp3) is 0.348. The Morgan fingerprint density at radius 2 is 2.11 bits per heavy atom. The number of nitrogens with zero attached hydrogens (tertiary/aromatic N) is 2. The van der Waals surface area contributed by atoms with E-state index in [1.807, 2.05) is 12.1 Å². The van der Waals surface area contributed by atoms with E-state index >= 15 is 0 Å². The smallest absolute Gasteiger partial charge is 0.265 e. The first-order valence-electron chi connectivity index (χ1n) is 9.60. The Balaban J connectivity index is 1.90. The molecule has 2 aromatic heterocycles. The number of carbonyl (C=O) groups is 1. The molecule has 1 aliphatic rings. The van der Waals surface area contributed by atoms with Gasteiger partial charge in [-0.05, 0) is 53.9 Å². The van der Waals surface area contributed by atoms with Crippen molar-refractivity contribution in [2.45, 2.75) is 40.0 Å². The molecule has 28 heavy (non-hydrogen) atoms. The van der Waals surface area contributed by atoms with E-state index in [0.717, 1.165) is 41.6 Å². The van der Waals surface area contributed by atoms with E-state index in [9.17, 15) is 4.79 Å². The molecule has 0 fully saturated rings. The molecule has 0 radical (unpaired) electrons. The summed E-state index contributed by atoms with van der Waals surface area (Å²) in [6.07, 6.45) is 3.05. The highest BCUT2D eigenvalue weighted by Gasteiger charge is 2.30. The van der Waals surface area contributed by atoms with E-state index in [4.69, 9.17) is 17.3 Å². The molecule has 1 atom stereocenters. The van der Waals surface area contributed by atoms with E-state index in [2.05, 4.69) is 36.7 Å². The van der Waals surface area contributed by atoms with Gasteiger partial charge in [-0.3, -0.25) is 9.78 Å². The summed E-state index contributed by atoms with van der Waals surface area (Å²) in [4.78, 5) is 23.8. The van der Waals surface area contributed by atoms with Gasteiger partial charge in [0.1, 0.15) is 5.69 Å². The second kappa shape index (κ2) is 6.49. The van der Waals surface area contributed by atoms with Crippen LogP contribution in [-0.4, -0.2) is 15.9 Å². The van der Waals surface area contributed by atoms with Crippen molar-refractivity contribution < 1.29 is 4.79 Å². The highest BCUT2D eigenvalue weighted by molar-refractivity contribution is 6.08. The van der Waals surface area contributed by atoms with Gasteiger partial charge >= 0.3 is 0 Å². The van der Waals surface area contributed by atoms with Crippen LogP contribution in [0.25, 0.3) is 27.0 Å². The number of fused-ring (bicyclic) bond motifs is 2. The molecule has 5 nitrogen and oxygen atoms in total. The van der Waals surface area contributed by atoms with E-state index in [-0.39, 0.29) is 5.41 Å². The van der Waals surface area contributed by atoms with Crippen LogP contribution in [0.5, 0.6) is 0 Å². The molecular formula is C23H24N4O. The van der Waals surface area contributed by atoms with Crippen molar-refractivity contribution in [2.24, 2.45) is 17.1 Å². The number of benzene rings is 1. The van der Waals surface area contributed by atoms with Gasteiger partial charge in [0.2, 0.25) is 0 Å². The molecule has 3 aromatic rings. The monoisotopic (exact) mass is 372 g/mol. The molecular weight excluding hydrogens is 348 g/mol. The molecule has 0 bridgehead atoms. The maximum atomic E-state index is 12.1. The quantitative estimate of drug-likeness (QED) is 0.619. The Bertz CT molecular complexity index is 1130. The average Bonchev–Trinajstić information content (AvgIpc) is 3.03. The number of H-pyrrole nitrogens is 1. The topological polar surface area (TPSA) is 76.1 Å². The van der Waals surface area contributed by atoms with Gasteiger partial charge in [-0.25, -0.2) is 4.85 Å². The first-order chi connectivity index (χ1) is 13.3. The Labute approximate surface area is 164 Å². The molecule has 3 N–H and O–H groups in total. The normalized spacial score (nSPS) is 16.6. The van der Waals surface area contributed by atoms with Crippen molar-refractivity contribution in [1.82, 2.24) is 9.97 Å². The predicted octanol–water partition coefficient (Wildman–Crippen LogP) is 5.03. The van der Waals surface area contributed by atoms with Crippen LogP contribution in [0.2, 0.25) is 0 Å². The van der Waals surface area contributed by atoms with Crippen LogP contribution in [0, 0.1) is 17.9 Å². The number of aromatic nitrogens is 2. The number of carbonyl (C=O) groups excluding carboxylic acids is 1. The third kappa shape index (κ3) is 3.05. The van der Waals surface area contributed by atoms with Gasteiger partial charge in [0, 0.05) is 11.3 Å². The summed E-state index contributed by atoms with van der Waals surface area (Å²) in [6, 6.07) is 9.36. The Morgan fingerprint density at radius 3 is 2.79 bits per heavy atom. The summed E-state index contributed by atoms with van der Waals surface area (Å²) < 4.78 is 0. The Kier molecular flexibility index (Phi) is 4.23. The van der Waals surface area contributed by atoms with Crippen molar-refractivity contribution in [3.63, 3.8) is 0 Å². The first kappa shape index (κ1) is 18.2. The molecule has 2 heterocycles. The Hall–Kier alpha value is -3.13. The van der Waals surface area contributed by atoms with Gasteiger partial charge in [-0.2, -0.15) is 0 Å². The number of nitrogens with one attached hydrogen (secondary N) is 1. The standard InChI is InChI=1S/C23H24N4O/c1-23(2,3)15-8-9-17-14(10-15)12-18-20(26-17)19(21(27-18)22(24)28)13-6-5-7-16(11-13)25-4/h5-7,11-12,15,27H,8-10H2,1-3H3,(H2,24,28). The number of aromatic amines is 1. The zero-order valence-electron chi connectivity index (χ0n) is 16.5. The lowest BCUT2D eigenvalue weighted by molar-refractivity contribution is 0.0997. The third-order valence-electron chi connectivity index (χ3n) is 5.87. The number of pyridine rings is 1. The minimum absolute atomic E-state index is 0.256. The number of rotatable bonds is 2. The number of nitrogens with two attached hydrogens (primary N) is 1. The van der Waals surface area contributed by atoms with Crippen LogP contribution in [0.1, 0.15) is 48.9 Å². The van der Waals surface area contributed by atoms with Gasteiger partial charge in [0.25, 0.3) is 5.91 Å². The summed E-state index contributed by atoms with van der Waals surface area (Å²) in [5.74, 6) is 0.0893. The van der Waals surface area contributed by atoms with Crippen molar-refractivity contribution in [3.8, 4) is 11.1 Å². The van der Waals surface area contributed by atoms with Crippen LogP contribution < -0.4 is 5.73 Å². The van der Waals surface area contributed by atoms with Crippen molar-refractivity contribution >= 4 is 22.6 Å². The van der Waals surface area contributed by atoms with Crippen molar-refractivity contribution in [3.05, 3.63) is 58.7 Å². The lowest BCUT2D eigenvalue weighted by Crippen LogP contribution is -2.27. The predicted molar refractivity (Wildman–Crippen MR) is 111 cm³/mol. The first-order valence-corrected chi connectivity index (χ1v) is 9.60. The van der Waals surface area contributed by atoms with Gasteiger partial charge < -0.3 is 10.7 Å². The molecule has 1 aromatic carbocycles. The number of hydrogen-bond donors (Lipinski definition) is 2. The average molecular weight is 372 g/mol. The molecule has 0 saturated heterocycles. The summed E-state index contributed by atoms with van der Waals surface area (Å²) in [5.41, 5.74) is 12.2. The second-order valence-electron chi connectivity index (χ2n) is 8.70. The summed E-state index contributed by atoms with van der Waals surface area (Å²) in [6.45, 7) is 14.1. The maximum Gasteiger partial charge on any atom is 0.265 e. The fourth-order valence-corrected chi connectivity index (χ4v) is 4.20. The van der Waals surface area contributed by atoms with Gasteiger partial charge in [-0.15, -0.1) is 0 Å². The second-order valence-corrected chi connectivity index (χ2v) is 8.70. The molecule has 1 aliphatic carbocycles. The van der Waals surface area contributed by atoms with Crippen LogP contribution in [-0.2, 0) is 12.8 Å². The lowest BCUT2D eigenvalue weighted by atomic mass is 9.71. The largest absolute Gasteiger partial charge is 0.364 e. The number of hydrogen-bond acceptors (Lipinski definition) is 2. The molecule has 4 rings (SSSR count). The number of amides is 1. The summed E-state index contributed by atoms with van der Waals surface area (Å²) >= 11 is 0. The molecule has 1 amide bonds.